The summed E-state index contributed by atoms with van der Waals surface area (Å²) in [6, 6.07) is 5.69. The van der Waals surface area contributed by atoms with Gasteiger partial charge in [-0.15, -0.1) is 0 Å². The Labute approximate surface area is 146 Å². The molecule has 0 aliphatic carbocycles. The highest BCUT2D eigenvalue weighted by Crippen LogP contribution is 2.33. The van der Waals surface area contributed by atoms with E-state index in [1.54, 1.807) is 12.4 Å². The Balaban J connectivity index is 2.13. The second kappa shape index (κ2) is 6.37. The number of fused-ring (bicyclic) bond motifs is 1. The van der Waals surface area contributed by atoms with Crippen LogP contribution in [0.15, 0.2) is 35.1 Å². The number of rotatable bonds is 3. The van der Waals surface area contributed by atoms with Gasteiger partial charge in [-0.1, -0.05) is 6.07 Å². The number of halogens is 3. The summed E-state index contributed by atoms with van der Waals surface area (Å²) in [5.41, 5.74) is 2.00. The molecule has 1 aromatic carbocycles. The number of nitrogens with zero attached hydrogens (tertiary/aromatic N) is 4. The zero-order valence-corrected chi connectivity index (χ0v) is 14.9. The molecular formula is C16H13BrClFN4. The van der Waals surface area contributed by atoms with Crippen molar-refractivity contribution >= 4 is 44.3 Å². The van der Waals surface area contributed by atoms with Gasteiger partial charge in [0.05, 0.1) is 4.47 Å². The summed E-state index contributed by atoms with van der Waals surface area (Å²) in [6.07, 6.45) is 3.50. The third-order valence-corrected chi connectivity index (χ3v) is 4.65. The smallest absolute Gasteiger partial charge is 0.225 e. The topological polar surface area (TPSA) is 41.9 Å². The molecule has 0 bridgehead atoms. The maximum absolute atomic E-state index is 14.5. The van der Waals surface area contributed by atoms with Gasteiger partial charge in [0, 0.05) is 31.4 Å². The van der Waals surface area contributed by atoms with Gasteiger partial charge < -0.3 is 4.90 Å². The van der Waals surface area contributed by atoms with E-state index in [1.807, 2.05) is 37.1 Å². The van der Waals surface area contributed by atoms with Gasteiger partial charge in [-0.25, -0.2) is 9.37 Å². The minimum absolute atomic E-state index is 0.0141. The molecule has 0 saturated carbocycles. The van der Waals surface area contributed by atoms with Crippen molar-refractivity contribution in [2.24, 2.45) is 0 Å². The molecule has 23 heavy (non-hydrogen) atoms. The van der Waals surface area contributed by atoms with Crippen molar-refractivity contribution in [3.8, 4) is 0 Å². The van der Waals surface area contributed by atoms with Crippen LogP contribution in [0.4, 0.5) is 10.2 Å². The van der Waals surface area contributed by atoms with E-state index in [0.29, 0.717) is 22.2 Å². The summed E-state index contributed by atoms with van der Waals surface area (Å²) in [4.78, 5) is 14.3. The van der Waals surface area contributed by atoms with Gasteiger partial charge in [0.2, 0.25) is 5.28 Å². The molecule has 0 amide bonds. The van der Waals surface area contributed by atoms with Crippen LogP contribution < -0.4 is 4.90 Å². The third-order valence-electron chi connectivity index (χ3n) is 3.51. The Morgan fingerprint density at radius 2 is 2.13 bits per heavy atom. The minimum atomic E-state index is -0.430. The molecule has 2 aromatic heterocycles. The molecule has 0 N–H and O–H groups in total. The Morgan fingerprint density at radius 3 is 2.83 bits per heavy atom. The highest BCUT2D eigenvalue weighted by atomic mass is 79.9. The predicted molar refractivity (Wildman–Crippen MR) is 93.3 cm³/mol. The zero-order valence-electron chi connectivity index (χ0n) is 12.5. The van der Waals surface area contributed by atoms with E-state index in [9.17, 15) is 4.39 Å². The number of anilines is 1. The summed E-state index contributed by atoms with van der Waals surface area (Å²) in [5, 5.41) is 0.638. The van der Waals surface area contributed by atoms with Crippen molar-refractivity contribution in [3.63, 3.8) is 0 Å². The van der Waals surface area contributed by atoms with Crippen molar-refractivity contribution in [1.82, 2.24) is 15.0 Å². The van der Waals surface area contributed by atoms with Gasteiger partial charge in [0.1, 0.15) is 11.3 Å². The molecule has 0 spiro atoms. The average molecular weight is 396 g/mol. The SMILES string of the molecule is Cc1cc2c(N(C)Cc3cccnc3)nc(Cl)nc2c(F)c1Br. The minimum Gasteiger partial charge on any atom is -0.355 e. The van der Waals surface area contributed by atoms with Crippen molar-refractivity contribution in [1.29, 1.82) is 0 Å². The lowest BCUT2D eigenvalue weighted by molar-refractivity contribution is 0.628. The van der Waals surface area contributed by atoms with Crippen LogP contribution >= 0.6 is 27.5 Å². The molecular weight excluding hydrogens is 383 g/mol. The van der Waals surface area contributed by atoms with Crippen molar-refractivity contribution < 1.29 is 4.39 Å². The summed E-state index contributed by atoms with van der Waals surface area (Å²) < 4.78 is 14.9. The standard InChI is InChI=1S/C16H13BrClFN4/c1-9-6-11-14(13(19)12(9)17)21-16(18)22-15(11)23(2)8-10-4-3-5-20-7-10/h3-7H,8H2,1-2H3. The Hall–Kier alpha value is -1.79. The molecule has 0 saturated heterocycles. The molecule has 7 heteroatoms. The van der Waals surface area contributed by atoms with Crippen LogP contribution in [0.25, 0.3) is 10.9 Å². The number of hydrogen-bond donors (Lipinski definition) is 0. The summed E-state index contributed by atoms with van der Waals surface area (Å²) in [7, 11) is 1.88. The van der Waals surface area contributed by atoms with Gasteiger partial charge in [-0.05, 0) is 57.7 Å². The second-order valence-corrected chi connectivity index (χ2v) is 6.38. The molecule has 118 valence electrons. The fourth-order valence-corrected chi connectivity index (χ4v) is 2.89. The fourth-order valence-electron chi connectivity index (χ4n) is 2.42. The van der Waals surface area contributed by atoms with Gasteiger partial charge in [-0.3, -0.25) is 4.98 Å². The van der Waals surface area contributed by atoms with Crippen LogP contribution in [-0.4, -0.2) is 22.0 Å². The molecule has 3 aromatic rings. The summed E-state index contributed by atoms with van der Waals surface area (Å²) in [6.45, 7) is 2.40. The molecule has 0 radical (unpaired) electrons. The average Bonchev–Trinajstić information content (AvgIpc) is 2.54. The van der Waals surface area contributed by atoms with Crippen LogP contribution in [0.1, 0.15) is 11.1 Å². The maximum atomic E-state index is 14.5. The highest BCUT2D eigenvalue weighted by molar-refractivity contribution is 9.10. The number of benzene rings is 1. The zero-order chi connectivity index (χ0) is 16.6. The maximum Gasteiger partial charge on any atom is 0.225 e. The normalized spacial score (nSPS) is 11.0. The molecule has 0 unspecified atom stereocenters. The summed E-state index contributed by atoms with van der Waals surface area (Å²) >= 11 is 9.23. The van der Waals surface area contributed by atoms with Gasteiger partial charge in [0.25, 0.3) is 0 Å². The van der Waals surface area contributed by atoms with E-state index in [1.165, 1.54) is 0 Å². The van der Waals surface area contributed by atoms with E-state index >= 15 is 0 Å². The van der Waals surface area contributed by atoms with Crippen LogP contribution in [0.2, 0.25) is 5.28 Å². The van der Waals surface area contributed by atoms with E-state index in [0.717, 1.165) is 11.1 Å². The van der Waals surface area contributed by atoms with E-state index in [-0.39, 0.29) is 10.8 Å². The van der Waals surface area contributed by atoms with Crippen molar-refractivity contribution in [2.45, 2.75) is 13.5 Å². The quantitative estimate of drug-likeness (QED) is 0.611. The van der Waals surface area contributed by atoms with Crippen LogP contribution in [0, 0.1) is 12.7 Å². The molecule has 0 aliphatic rings. The fraction of sp³-hybridized carbons (Fsp3) is 0.188. The predicted octanol–water partition coefficient (Wildman–Crippen LogP) is 4.52. The molecule has 0 atom stereocenters. The van der Waals surface area contributed by atoms with E-state index in [2.05, 4.69) is 30.9 Å². The Kier molecular flexibility index (Phi) is 4.46. The molecule has 4 nitrogen and oxygen atoms in total. The van der Waals surface area contributed by atoms with E-state index < -0.39 is 5.82 Å². The van der Waals surface area contributed by atoms with Gasteiger partial charge in [-0.2, -0.15) is 4.98 Å². The number of aryl methyl sites for hydroxylation is 1. The second-order valence-electron chi connectivity index (χ2n) is 5.25. The third kappa shape index (κ3) is 3.14. The first-order valence-corrected chi connectivity index (χ1v) is 8.06. The summed E-state index contributed by atoms with van der Waals surface area (Å²) in [5.74, 6) is 0.152. The van der Waals surface area contributed by atoms with Crippen molar-refractivity contribution in [2.75, 3.05) is 11.9 Å². The molecule has 3 rings (SSSR count). The van der Waals surface area contributed by atoms with E-state index in [4.69, 9.17) is 11.6 Å². The van der Waals surface area contributed by atoms with Crippen LogP contribution in [-0.2, 0) is 6.54 Å². The van der Waals surface area contributed by atoms with Crippen LogP contribution in [0.3, 0.4) is 0 Å². The van der Waals surface area contributed by atoms with Crippen molar-refractivity contribution in [3.05, 3.63) is 57.3 Å². The molecule has 0 aliphatic heterocycles. The number of aromatic nitrogens is 3. The number of pyridine rings is 1. The first-order valence-electron chi connectivity index (χ1n) is 6.89. The molecule has 2 heterocycles. The van der Waals surface area contributed by atoms with Crippen LogP contribution in [0.5, 0.6) is 0 Å². The largest absolute Gasteiger partial charge is 0.355 e. The lowest BCUT2D eigenvalue weighted by Gasteiger charge is -2.20. The Bertz CT molecular complexity index is 873. The van der Waals surface area contributed by atoms with Gasteiger partial charge in [0.15, 0.2) is 5.82 Å². The monoisotopic (exact) mass is 394 g/mol. The molecule has 0 fully saturated rings. The Morgan fingerprint density at radius 1 is 1.35 bits per heavy atom. The number of hydrogen-bond acceptors (Lipinski definition) is 4. The highest BCUT2D eigenvalue weighted by Gasteiger charge is 2.17. The lowest BCUT2D eigenvalue weighted by atomic mass is 10.1. The lowest BCUT2D eigenvalue weighted by Crippen LogP contribution is -2.18. The van der Waals surface area contributed by atoms with Gasteiger partial charge >= 0.3 is 0 Å². The first-order chi connectivity index (χ1) is 11.0. The first kappa shape index (κ1) is 16.1.